The van der Waals surface area contributed by atoms with Gasteiger partial charge in [0.15, 0.2) is 0 Å². The lowest BCUT2D eigenvalue weighted by atomic mass is 9.51. The Balaban J connectivity index is 1.77. The van der Waals surface area contributed by atoms with E-state index >= 15 is 0 Å². The van der Waals surface area contributed by atoms with Crippen LogP contribution in [0.1, 0.15) is 39.0 Å². The Labute approximate surface area is 109 Å². The number of amides is 1. The summed E-state index contributed by atoms with van der Waals surface area (Å²) < 4.78 is 0. The van der Waals surface area contributed by atoms with Gasteiger partial charge < -0.3 is 4.90 Å². The van der Waals surface area contributed by atoms with Crippen LogP contribution < -0.4 is 0 Å². The van der Waals surface area contributed by atoms with Crippen molar-refractivity contribution in [1.82, 2.24) is 4.90 Å². The summed E-state index contributed by atoms with van der Waals surface area (Å²) >= 11 is 0. The van der Waals surface area contributed by atoms with Crippen molar-refractivity contribution in [2.75, 3.05) is 7.05 Å². The van der Waals surface area contributed by atoms with Gasteiger partial charge in [0.05, 0.1) is 6.07 Å². The van der Waals surface area contributed by atoms with Crippen molar-refractivity contribution in [2.45, 2.75) is 45.1 Å². The summed E-state index contributed by atoms with van der Waals surface area (Å²) in [7, 11) is 1.79. The standard InChI is InChI=1S/C15H22N2O/c1-9(8-16)17(2)15(18)14-12-4-10-3-11(6-12)7-13(14)5-10/h9-14H,3-7H2,1-2H3. The zero-order valence-corrected chi connectivity index (χ0v) is 11.3. The Bertz CT molecular complexity index is 370. The fourth-order valence-corrected chi connectivity index (χ4v) is 4.84. The quantitative estimate of drug-likeness (QED) is 0.751. The van der Waals surface area contributed by atoms with Gasteiger partial charge in [0.25, 0.3) is 0 Å². The average molecular weight is 246 g/mol. The van der Waals surface area contributed by atoms with Gasteiger partial charge in [-0.3, -0.25) is 4.79 Å². The first-order valence-electron chi connectivity index (χ1n) is 7.26. The van der Waals surface area contributed by atoms with E-state index in [1.54, 1.807) is 11.9 Å². The van der Waals surface area contributed by atoms with Crippen molar-refractivity contribution in [3.63, 3.8) is 0 Å². The molecule has 18 heavy (non-hydrogen) atoms. The van der Waals surface area contributed by atoms with Crippen LogP contribution in [0.3, 0.4) is 0 Å². The number of rotatable bonds is 2. The predicted octanol–water partition coefficient (Wildman–Crippen LogP) is 2.43. The normalized spacial score (nSPS) is 42.4. The second-order valence-electron chi connectivity index (χ2n) is 6.71. The number of hydrogen-bond donors (Lipinski definition) is 0. The molecular weight excluding hydrogens is 224 g/mol. The van der Waals surface area contributed by atoms with Gasteiger partial charge in [-0.05, 0) is 62.7 Å². The van der Waals surface area contributed by atoms with Crippen LogP contribution in [0.4, 0.5) is 0 Å². The monoisotopic (exact) mass is 246 g/mol. The fourth-order valence-electron chi connectivity index (χ4n) is 4.84. The number of nitriles is 1. The van der Waals surface area contributed by atoms with Crippen LogP contribution in [-0.2, 0) is 4.79 Å². The van der Waals surface area contributed by atoms with Crippen LogP contribution in [0, 0.1) is 40.9 Å². The van der Waals surface area contributed by atoms with Gasteiger partial charge in [-0.25, -0.2) is 0 Å². The van der Waals surface area contributed by atoms with E-state index in [1.807, 2.05) is 6.92 Å². The molecule has 0 heterocycles. The van der Waals surface area contributed by atoms with Crippen LogP contribution in [0.5, 0.6) is 0 Å². The third-order valence-electron chi connectivity index (χ3n) is 5.63. The van der Waals surface area contributed by atoms with Gasteiger partial charge >= 0.3 is 0 Å². The molecule has 0 aromatic heterocycles. The number of hydrogen-bond acceptors (Lipinski definition) is 2. The summed E-state index contributed by atoms with van der Waals surface area (Å²) in [5.41, 5.74) is 0. The van der Waals surface area contributed by atoms with Crippen LogP contribution >= 0.6 is 0 Å². The van der Waals surface area contributed by atoms with Gasteiger partial charge in [0.1, 0.15) is 6.04 Å². The smallest absolute Gasteiger partial charge is 0.227 e. The summed E-state index contributed by atoms with van der Waals surface area (Å²) in [4.78, 5) is 14.3. The zero-order chi connectivity index (χ0) is 12.9. The largest absolute Gasteiger partial charge is 0.330 e. The van der Waals surface area contributed by atoms with E-state index in [9.17, 15) is 4.79 Å². The van der Waals surface area contributed by atoms with Crippen molar-refractivity contribution in [1.29, 1.82) is 5.26 Å². The average Bonchev–Trinajstić information content (AvgIpc) is 2.35. The molecule has 3 nitrogen and oxygen atoms in total. The molecule has 4 bridgehead atoms. The lowest BCUT2D eigenvalue weighted by molar-refractivity contribution is -0.148. The van der Waals surface area contributed by atoms with Crippen LogP contribution in [-0.4, -0.2) is 23.9 Å². The van der Waals surface area contributed by atoms with Crippen LogP contribution in [0.2, 0.25) is 0 Å². The fraction of sp³-hybridized carbons (Fsp3) is 0.867. The molecule has 4 fully saturated rings. The van der Waals surface area contributed by atoms with Crippen molar-refractivity contribution in [3.05, 3.63) is 0 Å². The van der Waals surface area contributed by atoms with Gasteiger partial charge in [0.2, 0.25) is 5.91 Å². The molecule has 0 aromatic rings. The second-order valence-corrected chi connectivity index (χ2v) is 6.71. The van der Waals surface area contributed by atoms with Crippen molar-refractivity contribution in [2.24, 2.45) is 29.6 Å². The molecule has 1 unspecified atom stereocenters. The summed E-state index contributed by atoms with van der Waals surface area (Å²) in [6.45, 7) is 1.81. The molecule has 4 aliphatic carbocycles. The Morgan fingerprint density at radius 1 is 1.17 bits per heavy atom. The van der Waals surface area contributed by atoms with Crippen LogP contribution in [0.15, 0.2) is 0 Å². The van der Waals surface area contributed by atoms with Crippen molar-refractivity contribution >= 4 is 5.91 Å². The van der Waals surface area contributed by atoms with Crippen LogP contribution in [0.25, 0.3) is 0 Å². The number of carbonyl (C=O) groups is 1. The lowest BCUT2D eigenvalue weighted by Gasteiger charge is -2.54. The zero-order valence-electron chi connectivity index (χ0n) is 11.3. The molecule has 1 amide bonds. The summed E-state index contributed by atoms with van der Waals surface area (Å²) in [6.07, 6.45) is 6.46. The maximum Gasteiger partial charge on any atom is 0.227 e. The van der Waals surface area contributed by atoms with Crippen molar-refractivity contribution < 1.29 is 4.79 Å². The second kappa shape index (κ2) is 4.26. The molecule has 98 valence electrons. The molecule has 3 heteroatoms. The highest BCUT2D eigenvalue weighted by molar-refractivity contribution is 5.80. The first kappa shape index (κ1) is 12.0. The topological polar surface area (TPSA) is 44.1 Å². The molecule has 0 saturated heterocycles. The molecule has 0 aromatic carbocycles. The maximum absolute atomic E-state index is 12.6. The maximum atomic E-state index is 12.6. The highest BCUT2D eigenvalue weighted by Gasteiger charge is 2.51. The van der Waals surface area contributed by atoms with E-state index in [4.69, 9.17) is 5.26 Å². The van der Waals surface area contributed by atoms with Gasteiger partial charge in [-0.2, -0.15) is 5.26 Å². The lowest BCUT2D eigenvalue weighted by Crippen LogP contribution is -2.52. The van der Waals surface area contributed by atoms with Crippen molar-refractivity contribution in [3.8, 4) is 6.07 Å². The summed E-state index contributed by atoms with van der Waals surface area (Å²) in [5.74, 6) is 3.48. The molecule has 0 spiro atoms. The molecule has 4 saturated carbocycles. The summed E-state index contributed by atoms with van der Waals surface area (Å²) in [6, 6.07) is 1.88. The molecular formula is C15H22N2O. The number of carbonyl (C=O) groups excluding carboxylic acids is 1. The predicted molar refractivity (Wildman–Crippen MR) is 68.4 cm³/mol. The molecule has 1 atom stereocenters. The minimum absolute atomic E-state index is 0.221. The number of nitrogens with zero attached hydrogens (tertiary/aromatic N) is 2. The minimum Gasteiger partial charge on any atom is -0.330 e. The molecule has 0 radical (unpaired) electrons. The van der Waals surface area contributed by atoms with Gasteiger partial charge in [-0.1, -0.05) is 0 Å². The SMILES string of the molecule is CC(C#N)N(C)C(=O)C1C2CC3CC(C2)CC1C3. The molecule has 0 N–H and O–H groups in total. The van der Waals surface area contributed by atoms with E-state index in [0.29, 0.717) is 11.8 Å². The third kappa shape index (κ3) is 1.74. The third-order valence-corrected chi connectivity index (χ3v) is 5.63. The van der Waals surface area contributed by atoms with E-state index in [1.165, 1.54) is 32.1 Å². The van der Waals surface area contributed by atoms with E-state index < -0.39 is 0 Å². The minimum atomic E-state index is -0.297. The first-order valence-corrected chi connectivity index (χ1v) is 7.26. The first-order chi connectivity index (χ1) is 8.60. The van der Waals surface area contributed by atoms with E-state index in [0.717, 1.165) is 11.8 Å². The molecule has 4 aliphatic rings. The highest BCUT2D eigenvalue weighted by Crippen LogP contribution is 2.56. The Kier molecular flexibility index (Phi) is 2.84. The van der Waals surface area contributed by atoms with E-state index in [2.05, 4.69) is 6.07 Å². The van der Waals surface area contributed by atoms with E-state index in [-0.39, 0.29) is 17.9 Å². The highest BCUT2D eigenvalue weighted by atomic mass is 16.2. The molecule has 0 aliphatic heterocycles. The Morgan fingerprint density at radius 3 is 2.11 bits per heavy atom. The van der Waals surface area contributed by atoms with Gasteiger partial charge in [-0.15, -0.1) is 0 Å². The molecule has 4 rings (SSSR count). The van der Waals surface area contributed by atoms with Gasteiger partial charge in [0, 0.05) is 13.0 Å². The Hall–Kier alpha value is -1.04. The summed E-state index contributed by atoms with van der Waals surface area (Å²) in [5, 5.41) is 8.96. The Morgan fingerprint density at radius 2 is 1.67 bits per heavy atom.